The zero-order valence-corrected chi connectivity index (χ0v) is 10.1. The van der Waals surface area contributed by atoms with Gasteiger partial charge in [0, 0.05) is 0 Å². The van der Waals surface area contributed by atoms with Crippen LogP contribution in [0, 0.1) is 11.3 Å². The second kappa shape index (κ2) is 3.97. The Morgan fingerprint density at radius 1 is 1.32 bits per heavy atom. The SMILES string of the molecule is N#Cc1ccc([C@]23CCCC[C@H]2O3)cc1C(F)(F)F. The normalized spacial score (nSPS) is 29.5. The Morgan fingerprint density at radius 2 is 2.11 bits per heavy atom. The molecule has 19 heavy (non-hydrogen) atoms. The van der Waals surface area contributed by atoms with Crippen molar-refractivity contribution in [3.8, 4) is 6.07 Å². The molecule has 2 nitrogen and oxygen atoms in total. The van der Waals surface area contributed by atoms with Gasteiger partial charge in [-0.2, -0.15) is 18.4 Å². The molecule has 1 aliphatic heterocycles. The standard InChI is InChI=1S/C14H12F3NO/c15-14(16,17)11-7-10(5-4-9(11)8-18)13-6-2-1-3-12(13)19-13/h4-5,7,12H,1-3,6H2/t12-,13-/m1/s1. The van der Waals surface area contributed by atoms with E-state index < -0.39 is 17.3 Å². The molecular formula is C14H12F3NO. The number of hydrogen-bond acceptors (Lipinski definition) is 2. The molecule has 0 spiro atoms. The predicted octanol–water partition coefficient (Wildman–Crippen LogP) is 3.75. The number of nitriles is 1. The number of fused-ring (bicyclic) bond motifs is 1. The van der Waals surface area contributed by atoms with Crippen LogP contribution in [0.25, 0.3) is 0 Å². The quantitative estimate of drug-likeness (QED) is 0.726. The highest BCUT2D eigenvalue weighted by atomic mass is 19.4. The van der Waals surface area contributed by atoms with Gasteiger partial charge in [0.05, 0.1) is 23.3 Å². The van der Waals surface area contributed by atoms with Gasteiger partial charge in [0.1, 0.15) is 5.60 Å². The predicted molar refractivity (Wildman–Crippen MR) is 61.2 cm³/mol. The molecule has 3 rings (SSSR count). The number of hydrogen-bond donors (Lipinski definition) is 0. The molecule has 1 heterocycles. The van der Waals surface area contributed by atoms with Crippen LogP contribution in [0.1, 0.15) is 42.4 Å². The molecule has 0 N–H and O–H groups in total. The summed E-state index contributed by atoms with van der Waals surface area (Å²) in [6.45, 7) is 0. The van der Waals surface area contributed by atoms with E-state index in [0.717, 1.165) is 31.7 Å². The van der Waals surface area contributed by atoms with Gasteiger partial charge in [0.15, 0.2) is 0 Å². The molecule has 0 bridgehead atoms. The number of nitrogens with zero attached hydrogens (tertiary/aromatic N) is 1. The first-order valence-corrected chi connectivity index (χ1v) is 6.27. The van der Waals surface area contributed by atoms with Crippen LogP contribution >= 0.6 is 0 Å². The van der Waals surface area contributed by atoms with Crippen molar-refractivity contribution in [2.24, 2.45) is 0 Å². The lowest BCUT2D eigenvalue weighted by atomic mass is 9.83. The van der Waals surface area contributed by atoms with E-state index in [1.54, 1.807) is 12.1 Å². The van der Waals surface area contributed by atoms with Crippen molar-refractivity contribution in [1.82, 2.24) is 0 Å². The van der Waals surface area contributed by atoms with Crippen LogP contribution in [0.15, 0.2) is 18.2 Å². The summed E-state index contributed by atoms with van der Waals surface area (Å²) in [5.41, 5.74) is -1.16. The highest BCUT2D eigenvalue weighted by Gasteiger charge is 2.58. The van der Waals surface area contributed by atoms with Crippen LogP contribution in [-0.2, 0) is 16.5 Å². The molecule has 1 aliphatic carbocycles. The van der Waals surface area contributed by atoms with Gasteiger partial charge in [-0.25, -0.2) is 0 Å². The third-order valence-electron chi connectivity index (χ3n) is 4.01. The van der Waals surface area contributed by atoms with Crippen molar-refractivity contribution in [2.45, 2.75) is 43.6 Å². The highest BCUT2D eigenvalue weighted by molar-refractivity contribution is 5.45. The summed E-state index contributed by atoms with van der Waals surface area (Å²) >= 11 is 0. The summed E-state index contributed by atoms with van der Waals surface area (Å²) in [5.74, 6) is 0. The third kappa shape index (κ3) is 1.91. The van der Waals surface area contributed by atoms with E-state index >= 15 is 0 Å². The Hall–Kier alpha value is -1.54. The largest absolute Gasteiger partial charge is 0.417 e. The number of halogens is 3. The fraction of sp³-hybridized carbons (Fsp3) is 0.500. The number of rotatable bonds is 1. The second-order valence-corrected chi connectivity index (χ2v) is 5.11. The lowest BCUT2D eigenvalue weighted by molar-refractivity contribution is -0.137. The maximum Gasteiger partial charge on any atom is 0.417 e. The van der Waals surface area contributed by atoms with Crippen LogP contribution < -0.4 is 0 Å². The first kappa shape index (κ1) is 12.5. The van der Waals surface area contributed by atoms with E-state index in [0.29, 0.717) is 5.56 Å². The summed E-state index contributed by atoms with van der Waals surface area (Å²) in [6.07, 6.45) is -0.749. The van der Waals surface area contributed by atoms with Crippen molar-refractivity contribution in [3.05, 3.63) is 34.9 Å². The summed E-state index contributed by atoms with van der Waals surface area (Å²) in [4.78, 5) is 0. The van der Waals surface area contributed by atoms with E-state index in [2.05, 4.69) is 0 Å². The Balaban J connectivity index is 2.03. The Labute approximate surface area is 108 Å². The molecule has 0 unspecified atom stereocenters. The average molecular weight is 267 g/mol. The fourth-order valence-electron chi connectivity index (χ4n) is 2.99. The molecule has 5 heteroatoms. The van der Waals surface area contributed by atoms with Crippen LogP contribution in [-0.4, -0.2) is 6.10 Å². The van der Waals surface area contributed by atoms with Gasteiger partial charge in [0.25, 0.3) is 0 Å². The second-order valence-electron chi connectivity index (χ2n) is 5.11. The van der Waals surface area contributed by atoms with Crippen molar-refractivity contribution in [1.29, 1.82) is 5.26 Å². The van der Waals surface area contributed by atoms with Crippen LogP contribution in [0.4, 0.5) is 13.2 Å². The minimum atomic E-state index is -4.50. The van der Waals surface area contributed by atoms with Gasteiger partial charge in [0.2, 0.25) is 0 Å². The molecule has 1 saturated carbocycles. The van der Waals surface area contributed by atoms with Crippen molar-refractivity contribution in [3.63, 3.8) is 0 Å². The number of alkyl halides is 3. The first-order valence-electron chi connectivity index (χ1n) is 6.27. The van der Waals surface area contributed by atoms with Gasteiger partial charge in [-0.3, -0.25) is 0 Å². The Kier molecular flexibility index (Phi) is 2.61. The average Bonchev–Trinajstić information content (AvgIpc) is 3.12. The zero-order valence-electron chi connectivity index (χ0n) is 10.1. The molecule has 0 aromatic heterocycles. The molecule has 2 fully saturated rings. The molecule has 2 atom stereocenters. The molecular weight excluding hydrogens is 255 g/mol. The van der Waals surface area contributed by atoms with Gasteiger partial charge in [-0.1, -0.05) is 18.9 Å². The Morgan fingerprint density at radius 3 is 2.74 bits per heavy atom. The molecule has 1 aromatic carbocycles. The van der Waals surface area contributed by atoms with Gasteiger partial charge >= 0.3 is 6.18 Å². The summed E-state index contributed by atoms with van der Waals surface area (Å²) in [7, 11) is 0. The summed E-state index contributed by atoms with van der Waals surface area (Å²) in [6, 6.07) is 5.53. The summed E-state index contributed by atoms with van der Waals surface area (Å²) < 4.78 is 44.4. The molecule has 0 amide bonds. The number of benzene rings is 1. The van der Waals surface area contributed by atoms with Crippen molar-refractivity contribution < 1.29 is 17.9 Å². The lowest BCUT2D eigenvalue weighted by Gasteiger charge is -2.19. The molecule has 1 aromatic rings. The molecule has 100 valence electrons. The van der Waals surface area contributed by atoms with Crippen LogP contribution in [0.5, 0.6) is 0 Å². The van der Waals surface area contributed by atoms with E-state index in [4.69, 9.17) is 10.00 Å². The minimum absolute atomic E-state index is 0.0512. The topological polar surface area (TPSA) is 36.3 Å². The monoisotopic (exact) mass is 267 g/mol. The fourth-order valence-corrected chi connectivity index (χ4v) is 2.99. The Bertz CT molecular complexity index is 561. The molecule has 2 aliphatic rings. The van der Waals surface area contributed by atoms with Crippen LogP contribution in [0.3, 0.4) is 0 Å². The molecule has 1 saturated heterocycles. The van der Waals surface area contributed by atoms with E-state index in [1.165, 1.54) is 6.07 Å². The third-order valence-corrected chi connectivity index (χ3v) is 4.01. The smallest absolute Gasteiger partial charge is 0.361 e. The van der Waals surface area contributed by atoms with E-state index in [9.17, 15) is 13.2 Å². The minimum Gasteiger partial charge on any atom is -0.361 e. The van der Waals surface area contributed by atoms with Gasteiger partial charge in [-0.15, -0.1) is 0 Å². The lowest BCUT2D eigenvalue weighted by Crippen LogP contribution is -2.18. The maximum atomic E-state index is 12.9. The van der Waals surface area contributed by atoms with Crippen molar-refractivity contribution in [2.75, 3.05) is 0 Å². The zero-order chi connectivity index (χ0) is 13.7. The molecule has 0 radical (unpaired) electrons. The number of epoxide rings is 1. The first-order chi connectivity index (χ1) is 8.97. The van der Waals surface area contributed by atoms with Gasteiger partial charge in [-0.05, 0) is 30.5 Å². The number of ether oxygens (including phenoxy) is 1. The van der Waals surface area contributed by atoms with Gasteiger partial charge < -0.3 is 4.74 Å². The summed E-state index contributed by atoms with van der Waals surface area (Å²) in [5, 5.41) is 8.78. The maximum absolute atomic E-state index is 12.9. The van der Waals surface area contributed by atoms with Crippen LogP contribution in [0.2, 0.25) is 0 Å². The van der Waals surface area contributed by atoms with Crippen molar-refractivity contribution >= 4 is 0 Å². The van der Waals surface area contributed by atoms with E-state index in [-0.39, 0.29) is 11.7 Å². The highest BCUT2D eigenvalue weighted by Crippen LogP contribution is 2.55. The van der Waals surface area contributed by atoms with E-state index in [1.807, 2.05) is 0 Å².